The first-order valence-electron chi connectivity index (χ1n) is 5.05. The highest BCUT2D eigenvalue weighted by molar-refractivity contribution is 9.10. The van der Waals surface area contributed by atoms with Crippen molar-refractivity contribution in [2.75, 3.05) is 0 Å². The van der Waals surface area contributed by atoms with Gasteiger partial charge in [0.2, 0.25) is 11.6 Å². The van der Waals surface area contributed by atoms with E-state index in [0.717, 1.165) is 10.5 Å². The van der Waals surface area contributed by atoms with Crippen LogP contribution in [-0.2, 0) is 0 Å². The van der Waals surface area contributed by atoms with Gasteiger partial charge in [0.25, 0.3) is 0 Å². The number of halogens is 3. The summed E-state index contributed by atoms with van der Waals surface area (Å²) in [5.74, 6) is -3.18. The summed E-state index contributed by atoms with van der Waals surface area (Å²) < 4.78 is 32.5. The van der Waals surface area contributed by atoms with Crippen molar-refractivity contribution in [1.82, 2.24) is 0 Å². The van der Waals surface area contributed by atoms with Crippen molar-refractivity contribution in [3.63, 3.8) is 0 Å². The first-order valence-corrected chi connectivity index (χ1v) is 5.84. The van der Waals surface area contributed by atoms with Gasteiger partial charge >= 0.3 is 5.69 Å². The van der Waals surface area contributed by atoms with E-state index in [4.69, 9.17) is 4.74 Å². The van der Waals surface area contributed by atoms with E-state index in [0.29, 0.717) is 6.07 Å². The van der Waals surface area contributed by atoms with Crippen molar-refractivity contribution in [1.29, 1.82) is 0 Å². The Hall–Kier alpha value is -2.02. The highest BCUT2D eigenvalue weighted by Gasteiger charge is 2.23. The molecule has 2 aromatic carbocycles. The summed E-state index contributed by atoms with van der Waals surface area (Å²) in [5, 5.41) is 10.8. The van der Waals surface area contributed by atoms with E-state index in [9.17, 15) is 18.9 Å². The summed E-state index contributed by atoms with van der Waals surface area (Å²) in [5.41, 5.74) is -0.637. The minimum Gasteiger partial charge on any atom is -0.447 e. The van der Waals surface area contributed by atoms with Crippen molar-refractivity contribution in [2.24, 2.45) is 0 Å². The van der Waals surface area contributed by atoms with Gasteiger partial charge in [0.05, 0.1) is 4.92 Å². The third-order valence-corrected chi connectivity index (χ3v) is 2.79. The van der Waals surface area contributed by atoms with Crippen LogP contribution in [0.4, 0.5) is 14.5 Å². The second kappa shape index (κ2) is 5.31. The van der Waals surface area contributed by atoms with E-state index < -0.39 is 28.0 Å². The maximum atomic E-state index is 13.6. The molecule has 0 N–H and O–H groups in total. The third-order valence-electron chi connectivity index (χ3n) is 2.26. The highest BCUT2D eigenvalue weighted by atomic mass is 79.9. The van der Waals surface area contributed by atoms with Crippen LogP contribution in [0.5, 0.6) is 11.5 Å². The van der Waals surface area contributed by atoms with Gasteiger partial charge in [-0.25, -0.2) is 4.39 Å². The molecule has 0 fully saturated rings. The Morgan fingerprint density at radius 3 is 2.32 bits per heavy atom. The Kier molecular flexibility index (Phi) is 3.75. The van der Waals surface area contributed by atoms with Gasteiger partial charge in [0, 0.05) is 10.5 Å². The van der Waals surface area contributed by atoms with Crippen molar-refractivity contribution in [3.05, 3.63) is 62.6 Å². The smallest absolute Gasteiger partial charge is 0.314 e. The normalized spacial score (nSPS) is 10.3. The summed E-state index contributed by atoms with van der Waals surface area (Å²) in [7, 11) is 0. The van der Waals surface area contributed by atoms with Crippen LogP contribution in [0.3, 0.4) is 0 Å². The zero-order chi connectivity index (χ0) is 14.0. The predicted octanol–water partition coefficient (Wildman–Crippen LogP) is 4.43. The molecule has 0 aliphatic heterocycles. The van der Waals surface area contributed by atoms with Crippen molar-refractivity contribution in [2.45, 2.75) is 0 Å². The lowest BCUT2D eigenvalue weighted by atomic mass is 10.2. The minimum absolute atomic E-state index is 0.163. The molecule has 0 aliphatic carbocycles. The van der Waals surface area contributed by atoms with Crippen LogP contribution in [0.1, 0.15) is 0 Å². The third kappa shape index (κ3) is 2.87. The van der Waals surface area contributed by atoms with Crippen LogP contribution in [0.15, 0.2) is 40.9 Å². The Morgan fingerprint density at radius 1 is 1.11 bits per heavy atom. The fourth-order valence-electron chi connectivity index (χ4n) is 1.38. The van der Waals surface area contributed by atoms with E-state index in [-0.39, 0.29) is 5.75 Å². The van der Waals surface area contributed by atoms with Gasteiger partial charge in [-0.3, -0.25) is 10.1 Å². The summed E-state index contributed by atoms with van der Waals surface area (Å²) in [6.45, 7) is 0. The summed E-state index contributed by atoms with van der Waals surface area (Å²) in [6.07, 6.45) is 0. The monoisotopic (exact) mass is 329 g/mol. The summed E-state index contributed by atoms with van der Waals surface area (Å²) in [6, 6.07) is 7.70. The van der Waals surface area contributed by atoms with Gasteiger partial charge in [0.1, 0.15) is 5.75 Å². The van der Waals surface area contributed by atoms with E-state index in [1.165, 1.54) is 12.1 Å². The largest absolute Gasteiger partial charge is 0.447 e. The molecule has 2 rings (SSSR count). The maximum absolute atomic E-state index is 13.6. The van der Waals surface area contributed by atoms with Crippen LogP contribution in [0, 0.1) is 21.7 Å². The molecule has 0 aliphatic rings. The molecular weight excluding hydrogens is 324 g/mol. The van der Waals surface area contributed by atoms with E-state index in [1.807, 2.05) is 0 Å². The molecule has 0 spiro atoms. The first kappa shape index (κ1) is 13.4. The standard InChI is InChI=1S/C12H6BrF2NO3/c13-7-1-3-8(4-2-7)19-12-10(16(17)18)6-5-9(14)11(12)15/h1-6H. The average molecular weight is 330 g/mol. The molecule has 0 saturated heterocycles. The molecule has 4 nitrogen and oxygen atoms in total. The molecule has 0 amide bonds. The lowest BCUT2D eigenvalue weighted by molar-refractivity contribution is -0.385. The van der Waals surface area contributed by atoms with E-state index in [1.54, 1.807) is 12.1 Å². The number of nitrogens with zero attached hydrogens (tertiary/aromatic N) is 1. The van der Waals surface area contributed by atoms with E-state index in [2.05, 4.69) is 15.9 Å². The fourth-order valence-corrected chi connectivity index (χ4v) is 1.65. The fraction of sp³-hybridized carbons (Fsp3) is 0. The molecule has 0 bridgehead atoms. The molecule has 0 atom stereocenters. The Balaban J connectivity index is 2.46. The molecule has 0 heterocycles. The molecule has 2 aromatic rings. The zero-order valence-electron chi connectivity index (χ0n) is 9.27. The number of nitro groups is 1. The summed E-state index contributed by atoms with van der Waals surface area (Å²) in [4.78, 5) is 9.92. The van der Waals surface area contributed by atoms with Gasteiger partial charge in [-0.2, -0.15) is 4.39 Å². The number of ether oxygens (including phenoxy) is 1. The van der Waals surface area contributed by atoms with Gasteiger partial charge in [-0.1, -0.05) is 15.9 Å². The van der Waals surface area contributed by atoms with Crippen LogP contribution < -0.4 is 4.74 Å². The molecule has 98 valence electrons. The number of hydrogen-bond donors (Lipinski definition) is 0. The molecule has 0 saturated carbocycles. The molecule has 0 unspecified atom stereocenters. The molecule has 7 heteroatoms. The van der Waals surface area contributed by atoms with Crippen molar-refractivity contribution >= 4 is 21.6 Å². The SMILES string of the molecule is O=[N+]([O-])c1ccc(F)c(F)c1Oc1ccc(Br)cc1. The van der Waals surface area contributed by atoms with Gasteiger partial charge < -0.3 is 4.74 Å². The van der Waals surface area contributed by atoms with Crippen LogP contribution >= 0.6 is 15.9 Å². The maximum Gasteiger partial charge on any atom is 0.314 e. The average Bonchev–Trinajstić information content (AvgIpc) is 2.37. The van der Waals surface area contributed by atoms with Crippen molar-refractivity contribution in [3.8, 4) is 11.5 Å². The Morgan fingerprint density at radius 2 is 1.74 bits per heavy atom. The minimum atomic E-state index is -1.39. The molecule has 0 aromatic heterocycles. The lowest BCUT2D eigenvalue weighted by Crippen LogP contribution is -1.98. The number of hydrogen-bond acceptors (Lipinski definition) is 3. The number of benzene rings is 2. The quantitative estimate of drug-likeness (QED) is 0.618. The van der Waals surface area contributed by atoms with Crippen molar-refractivity contribution < 1.29 is 18.4 Å². The Bertz CT molecular complexity index is 632. The van der Waals surface area contributed by atoms with Gasteiger partial charge in [0.15, 0.2) is 5.82 Å². The first-order chi connectivity index (χ1) is 8.99. The highest BCUT2D eigenvalue weighted by Crippen LogP contribution is 2.35. The van der Waals surface area contributed by atoms with Crippen LogP contribution in [0.25, 0.3) is 0 Å². The zero-order valence-corrected chi connectivity index (χ0v) is 10.9. The number of nitro benzene ring substituents is 1. The molecule has 0 radical (unpaired) electrons. The number of rotatable bonds is 3. The second-order valence-electron chi connectivity index (χ2n) is 3.52. The Labute approximate surface area is 114 Å². The molecular formula is C12H6BrF2NO3. The second-order valence-corrected chi connectivity index (χ2v) is 4.44. The van der Waals surface area contributed by atoms with E-state index >= 15 is 0 Å². The predicted molar refractivity (Wildman–Crippen MR) is 67.2 cm³/mol. The lowest BCUT2D eigenvalue weighted by Gasteiger charge is -2.07. The topological polar surface area (TPSA) is 52.4 Å². The van der Waals surface area contributed by atoms with Gasteiger partial charge in [-0.05, 0) is 30.3 Å². The molecule has 19 heavy (non-hydrogen) atoms. The summed E-state index contributed by atoms with van der Waals surface area (Å²) >= 11 is 3.20. The van der Waals surface area contributed by atoms with Crippen LogP contribution in [0.2, 0.25) is 0 Å². The van der Waals surface area contributed by atoms with Gasteiger partial charge in [-0.15, -0.1) is 0 Å². The van der Waals surface area contributed by atoms with Crippen LogP contribution in [-0.4, -0.2) is 4.92 Å².